The molecule has 2 atom stereocenters. The molecule has 5 rings (SSSR count). The Balaban J connectivity index is 1.72. The van der Waals surface area contributed by atoms with Gasteiger partial charge in [-0.25, -0.2) is 0 Å². The molecule has 1 aromatic rings. The van der Waals surface area contributed by atoms with Crippen LogP contribution in [0.3, 0.4) is 0 Å². The van der Waals surface area contributed by atoms with Gasteiger partial charge in [0.25, 0.3) is 0 Å². The zero-order chi connectivity index (χ0) is 13.9. The maximum atomic E-state index is 3.98. The summed E-state index contributed by atoms with van der Waals surface area (Å²) in [5, 5.41) is 3.98. The van der Waals surface area contributed by atoms with E-state index in [1.54, 1.807) is 11.3 Å². The fraction of sp³-hybridized carbons (Fsp3) is 0.579. The third kappa shape index (κ3) is 1.54. The van der Waals surface area contributed by atoms with E-state index < -0.39 is 0 Å². The quantitative estimate of drug-likeness (QED) is 0.716. The van der Waals surface area contributed by atoms with Crippen molar-refractivity contribution in [3.63, 3.8) is 0 Å². The van der Waals surface area contributed by atoms with Gasteiger partial charge >= 0.3 is 0 Å². The highest BCUT2D eigenvalue weighted by Gasteiger charge is 2.54. The lowest BCUT2D eigenvalue weighted by atomic mass is 9.70. The number of benzene rings is 1. The van der Waals surface area contributed by atoms with Gasteiger partial charge in [0.2, 0.25) is 0 Å². The van der Waals surface area contributed by atoms with Crippen LogP contribution in [0.5, 0.6) is 0 Å². The lowest BCUT2D eigenvalue weighted by molar-refractivity contribution is 0.197. The summed E-state index contributed by atoms with van der Waals surface area (Å²) in [6, 6.07) is 8.98. The molecule has 0 saturated heterocycles. The molecule has 2 aliphatic heterocycles. The van der Waals surface area contributed by atoms with Crippen molar-refractivity contribution in [1.82, 2.24) is 0 Å². The van der Waals surface area contributed by atoms with Gasteiger partial charge < -0.3 is 10.2 Å². The monoisotopic (exact) mass is 280 g/mol. The number of hydrogen-bond acceptors (Lipinski definition) is 2. The van der Waals surface area contributed by atoms with Gasteiger partial charge in [-0.2, -0.15) is 0 Å². The van der Waals surface area contributed by atoms with Crippen molar-refractivity contribution < 1.29 is 0 Å². The molecule has 0 radical (unpaired) electrons. The highest BCUT2D eigenvalue weighted by atomic mass is 15.4. The van der Waals surface area contributed by atoms with Crippen molar-refractivity contribution in [1.29, 1.82) is 0 Å². The number of fused-ring (bicyclic) bond motifs is 3. The molecule has 1 saturated carbocycles. The summed E-state index contributed by atoms with van der Waals surface area (Å²) in [5.41, 5.74) is 6.47. The fourth-order valence-electron chi connectivity index (χ4n) is 5.36. The molecular weight excluding hydrogens is 256 g/mol. The first-order valence-electron chi connectivity index (χ1n) is 8.77. The molecule has 4 aliphatic rings. The second kappa shape index (κ2) is 4.28. The summed E-state index contributed by atoms with van der Waals surface area (Å²) in [6.07, 6.45) is 12.3. The minimum absolute atomic E-state index is 0.206. The summed E-state index contributed by atoms with van der Waals surface area (Å²) >= 11 is 0. The Morgan fingerprint density at radius 3 is 2.95 bits per heavy atom. The SMILES string of the molecule is c1ccc2c(c1)N[C@]13CCCC[C@@H]1CC1=C(CCCC1)N23. The van der Waals surface area contributed by atoms with Gasteiger partial charge in [0, 0.05) is 11.6 Å². The number of para-hydroxylation sites is 2. The molecule has 0 amide bonds. The third-order valence-electron chi connectivity index (χ3n) is 6.24. The topological polar surface area (TPSA) is 15.3 Å². The van der Waals surface area contributed by atoms with E-state index >= 15 is 0 Å². The minimum atomic E-state index is 0.206. The van der Waals surface area contributed by atoms with E-state index in [1.165, 1.54) is 69.2 Å². The van der Waals surface area contributed by atoms with E-state index in [1.807, 2.05) is 0 Å². The van der Waals surface area contributed by atoms with Crippen LogP contribution in [0.4, 0.5) is 11.4 Å². The van der Waals surface area contributed by atoms with Crippen LogP contribution in [0.2, 0.25) is 0 Å². The summed E-state index contributed by atoms with van der Waals surface area (Å²) in [7, 11) is 0. The molecule has 1 N–H and O–H groups in total. The molecule has 0 aromatic heterocycles. The van der Waals surface area contributed by atoms with Gasteiger partial charge in [-0.1, -0.05) is 24.1 Å². The van der Waals surface area contributed by atoms with E-state index in [-0.39, 0.29) is 5.66 Å². The number of nitrogens with zero attached hydrogens (tertiary/aromatic N) is 1. The zero-order valence-corrected chi connectivity index (χ0v) is 12.7. The van der Waals surface area contributed by atoms with E-state index in [9.17, 15) is 0 Å². The first-order chi connectivity index (χ1) is 10.4. The van der Waals surface area contributed by atoms with Crippen molar-refractivity contribution >= 4 is 11.4 Å². The van der Waals surface area contributed by atoms with Crippen LogP contribution < -0.4 is 10.2 Å². The summed E-state index contributed by atoms with van der Waals surface area (Å²) in [6.45, 7) is 0. The predicted molar refractivity (Wildman–Crippen MR) is 87.3 cm³/mol. The van der Waals surface area contributed by atoms with Crippen LogP contribution in [-0.4, -0.2) is 5.66 Å². The van der Waals surface area contributed by atoms with Crippen LogP contribution in [0.1, 0.15) is 57.8 Å². The lowest BCUT2D eigenvalue weighted by Crippen LogP contribution is -2.60. The van der Waals surface area contributed by atoms with Crippen LogP contribution >= 0.6 is 0 Å². The second-order valence-electron chi connectivity index (χ2n) is 7.31. The molecule has 0 bridgehead atoms. The molecule has 21 heavy (non-hydrogen) atoms. The molecule has 0 unspecified atom stereocenters. The van der Waals surface area contributed by atoms with Crippen molar-refractivity contribution in [2.45, 2.75) is 63.5 Å². The maximum absolute atomic E-state index is 3.98. The van der Waals surface area contributed by atoms with E-state index in [0.29, 0.717) is 0 Å². The molecule has 1 aromatic carbocycles. The summed E-state index contributed by atoms with van der Waals surface area (Å²) in [5.74, 6) is 0.801. The van der Waals surface area contributed by atoms with Crippen LogP contribution in [0.25, 0.3) is 0 Å². The Labute approximate surface area is 127 Å². The van der Waals surface area contributed by atoms with Gasteiger partial charge in [0.05, 0.1) is 11.4 Å². The fourth-order valence-corrected chi connectivity index (χ4v) is 5.36. The highest BCUT2D eigenvalue weighted by molar-refractivity contribution is 5.81. The van der Waals surface area contributed by atoms with Gasteiger partial charge in [0.1, 0.15) is 5.66 Å². The summed E-state index contributed by atoms with van der Waals surface area (Å²) < 4.78 is 0. The largest absolute Gasteiger partial charge is 0.360 e. The average molecular weight is 280 g/mol. The van der Waals surface area contributed by atoms with Crippen molar-refractivity contribution in [2.75, 3.05) is 10.2 Å². The van der Waals surface area contributed by atoms with Gasteiger partial charge in [-0.3, -0.25) is 0 Å². The van der Waals surface area contributed by atoms with E-state index in [0.717, 1.165) is 5.92 Å². The Hall–Kier alpha value is -1.44. The number of nitrogens with one attached hydrogen (secondary N) is 1. The van der Waals surface area contributed by atoms with Gasteiger partial charge in [0.15, 0.2) is 0 Å². The number of hydrogen-bond donors (Lipinski definition) is 1. The molecular formula is C19H24N2. The molecule has 2 heteroatoms. The highest BCUT2D eigenvalue weighted by Crippen LogP contribution is 2.57. The lowest BCUT2D eigenvalue weighted by Gasteiger charge is -2.54. The van der Waals surface area contributed by atoms with Gasteiger partial charge in [-0.15, -0.1) is 0 Å². The Bertz CT molecular complexity index is 618. The van der Waals surface area contributed by atoms with E-state index in [2.05, 4.69) is 34.5 Å². The van der Waals surface area contributed by atoms with Crippen molar-refractivity contribution in [3.8, 4) is 0 Å². The van der Waals surface area contributed by atoms with Crippen molar-refractivity contribution in [3.05, 3.63) is 35.5 Å². The van der Waals surface area contributed by atoms with Crippen LogP contribution in [0.15, 0.2) is 35.5 Å². The Kier molecular flexibility index (Phi) is 2.47. The molecule has 2 aliphatic carbocycles. The Morgan fingerprint density at radius 2 is 1.95 bits per heavy atom. The van der Waals surface area contributed by atoms with Gasteiger partial charge in [-0.05, 0) is 63.5 Å². The molecule has 2 nitrogen and oxygen atoms in total. The maximum Gasteiger partial charge on any atom is 0.118 e. The minimum Gasteiger partial charge on any atom is -0.360 e. The third-order valence-corrected chi connectivity index (χ3v) is 6.24. The second-order valence-corrected chi connectivity index (χ2v) is 7.31. The van der Waals surface area contributed by atoms with Crippen LogP contribution in [0, 0.1) is 5.92 Å². The number of anilines is 2. The smallest absolute Gasteiger partial charge is 0.118 e. The molecule has 1 fully saturated rings. The molecule has 2 heterocycles. The average Bonchev–Trinajstić information content (AvgIpc) is 2.87. The normalized spacial score (nSPS) is 33.7. The van der Waals surface area contributed by atoms with Crippen LogP contribution in [-0.2, 0) is 0 Å². The Morgan fingerprint density at radius 1 is 1.05 bits per heavy atom. The summed E-state index contributed by atoms with van der Waals surface area (Å²) in [4.78, 5) is 2.75. The van der Waals surface area contributed by atoms with Crippen molar-refractivity contribution in [2.24, 2.45) is 5.92 Å². The first-order valence-corrected chi connectivity index (χ1v) is 8.77. The molecule has 1 spiro atoms. The zero-order valence-electron chi connectivity index (χ0n) is 12.7. The molecule has 110 valence electrons. The predicted octanol–water partition coefficient (Wildman–Crippen LogP) is 5.04. The number of rotatable bonds is 0. The number of allylic oxidation sites excluding steroid dienone is 2. The first kappa shape index (κ1) is 12.1. The standard InChI is InChI=1S/C19H24N2/c1-3-10-17-14(7-1)13-15-8-5-6-12-19(15)20-16-9-2-4-11-18(16)21(17)19/h2,4,9,11,15,20H,1,3,5-8,10,12-13H2/t15-,19+/m1/s1. The van der Waals surface area contributed by atoms with E-state index in [4.69, 9.17) is 0 Å².